The van der Waals surface area contributed by atoms with E-state index in [-0.39, 0.29) is 18.2 Å². The molecule has 0 aliphatic rings. The molecule has 24 heavy (non-hydrogen) atoms. The van der Waals surface area contributed by atoms with Gasteiger partial charge >= 0.3 is 5.97 Å². The molecule has 2 atom stereocenters. The van der Waals surface area contributed by atoms with E-state index in [4.69, 9.17) is 14.2 Å². The second-order valence-electron chi connectivity index (χ2n) is 6.34. The van der Waals surface area contributed by atoms with Gasteiger partial charge in [0.2, 0.25) is 0 Å². The molecule has 0 aliphatic carbocycles. The lowest BCUT2D eigenvalue weighted by Gasteiger charge is -2.21. The van der Waals surface area contributed by atoms with Crippen LogP contribution in [0.25, 0.3) is 0 Å². The summed E-state index contributed by atoms with van der Waals surface area (Å²) in [5.41, 5.74) is 0. The molecule has 0 heterocycles. The Morgan fingerprint density at radius 3 is 2.00 bits per heavy atom. The van der Waals surface area contributed by atoms with Crippen molar-refractivity contribution < 1.29 is 19.0 Å². The normalized spacial score (nSPS) is 13.2. The smallest absolute Gasteiger partial charge is 0.308 e. The molecular formula is C20H32O4. The molecular weight excluding hydrogens is 304 g/mol. The number of hydrogen-bond acceptors (Lipinski definition) is 4. The number of carbonyl (C=O) groups is 1. The molecule has 0 fully saturated rings. The molecule has 0 aliphatic heterocycles. The van der Waals surface area contributed by atoms with Crippen LogP contribution in [-0.2, 0) is 4.79 Å². The highest BCUT2D eigenvalue weighted by Crippen LogP contribution is 2.34. The predicted octanol–water partition coefficient (Wildman–Crippen LogP) is 5.53. The molecule has 1 aromatic carbocycles. The van der Waals surface area contributed by atoms with E-state index >= 15 is 0 Å². The van der Waals surface area contributed by atoms with Crippen molar-refractivity contribution in [1.82, 2.24) is 0 Å². The molecule has 0 saturated carbocycles. The van der Waals surface area contributed by atoms with E-state index in [0.717, 1.165) is 38.5 Å². The van der Waals surface area contributed by atoms with Crippen molar-refractivity contribution in [1.29, 1.82) is 0 Å². The highest BCUT2D eigenvalue weighted by molar-refractivity contribution is 5.69. The van der Waals surface area contributed by atoms with Crippen LogP contribution in [0, 0.1) is 0 Å². The van der Waals surface area contributed by atoms with Crippen LogP contribution < -0.4 is 14.2 Å². The van der Waals surface area contributed by atoms with E-state index in [1.807, 2.05) is 6.07 Å². The predicted molar refractivity (Wildman–Crippen MR) is 97.0 cm³/mol. The Hall–Kier alpha value is -1.71. The highest BCUT2D eigenvalue weighted by atomic mass is 16.5. The first-order chi connectivity index (χ1) is 11.5. The van der Waals surface area contributed by atoms with E-state index < -0.39 is 0 Å². The SMILES string of the molecule is CCCCC(C)Oc1ccc(OC(C)=O)cc1OC(C)CCCC. The lowest BCUT2D eigenvalue weighted by atomic mass is 10.2. The van der Waals surface area contributed by atoms with Crippen molar-refractivity contribution in [3.8, 4) is 17.2 Å². The zero-order valence-corrected chi connectivity index (χ0v) is 15.8. The maximum absolute atomic E-state index is 11.2. The van der Waals surface area contributed by atoms with Crippen LogP contribution in [0.5, 0.6) is 17.2 Å². The van der Waals surface area contributed by atoms with Crippen LogP contribution in [0.2, 0.25) is 0 Å². The van der Waals surface area contributed by atoms with Gasteiger partial charge in [0, 0.05) is 13.0 Å². The molecule has 0 aromatic heterocycles. The number of benzene rings is 1. The van der Waals surface area contributed by atoms with Gasteiger partial charge in [0.25, 0.3) is 0 Å². The lowest BCUT2D eigenvalue weighted by Crippen LogP contribution is -2.15. The summed E-state index contributed by atoms with van der Waals surface area (Å²) in [4.78, 5) is 11.2. The number of unbranched alkanes of at least 4 members (excludes halogenated alkanes) is 2. The van der Waals surface area contributed by atoms with Gasteiger partial charge in [-0.25, -0.2) is 0 Å². The molecule has 1 rings (SSSR count). The maximum atomic E-state index is 11.2. The first-order valence-electron chi connectivity index (χ1n) is 9.12. The lowest BCUT2D eigenvalue weighted by molar-refractivity contribution is -0.131. The highest BCUT2D eigenvalue weighted by Gasteiger charge is 2.14. The minimum atomic E-state index is -0.343. The summed E-state index contributed by atoms with van der Waals surface area (Å²) < 4.78 is 17.3. The second-order valence-corrected chi connectivity index (χ2v) is 6.34. The molecule has 0 spiro atoms. The number of ether oxygens (including phenoxy) is 3. The van der Waals surface area contributed by atoms with E-state index in [1.165, 1.54) is 6.92 Å². The van der Waals surface area contributed by atoms with E-state index in [1.54, 1.807) is 12.1 Å². The van der Waals surface area contributed by atoms with Gasteiger partial charge in [-0.15, -0.1) is 0 Å². The van der Waals surface area contributed by atoms with Crippen LogP contribution in [0.3, 0.4) is 0 Å². The van der Waals surface area contributed by atoms with Crippen molar-refractivity contribution in [2.75, 3.05) is 0 Å². The van der Waals surface area contributed by atoms with Gasteiger partial charge in [-0.1, -0.05) is 39.5 Å². The van der Waals surface area contributed by atoms with Crippen LogP contribution in [-0.4, -0.2) is 18.2 Å². The summed E-state index contributed by atoms with van der Waals surface area (Å²) in [6.45, 7) is 9.85. The third-order valence-electron chi connectivity index (χ3n) is 3.76. The van der Waals surface area contributed by atoms with Gasteiger partial charge in [0.1, 0.15) is 5.75 Å². The molecule has 4 nitrogen and oxygen atoms in total. The summed E-state index contributed by atoms with van der Waals surface area (Å²) in [6.07, 6.45) is 6.74. The monoisotopic (exact) mass is 336 g/mol. The fourth-order valence-corrected chi connectivity index (χ4v) is 2.44. The van der Waals surface area contributed by atoms with E-state index in [9.17, 15) is 4.79 Å². The third kappa shape index (κ3) is 7.71. The minimum Gasteiger partial charge on any atom is -0.487 e. The van der Waals surface area contributed by atoms with Crippen molar-refractivity contribution in [2.24, 2.45) is 0 Å². The van der Waals surface area contributed by atoms with Gasteiger partial charge in [-0.3, -0.25) is 4.79 Å². The van der Waals surface area contributed by atoms with Crippen molar-refractivity contribution in [3.63, 3.8) is 0 Å². The van der Waals surface area contributed by atoms with Gasteiger partial charge in [0.05, 0.1) is 12.2 Å². The summed E-state index contributed by atoms with van der Waals surface area (Å²) in [6, 6.07) is 5.31. The number of carbonyl (C=O) groups excluding carboxylic acids is 1. The zero-order valence-electron chi connectivity index (χ0n) is 15.8. The molecule has 0 bridgehead atoms. The van der Waals surface area contributed by atoms with Crippen molar-refractivity contribution in [3.05, 3.63) is 18.2 Å². The minimum absolute atomic E-state index is 0.0887. The van der Waals surface area contributed by atoms with Gasteiger partial charge < -0.3 is 14.2 Å². The maximum Gasteiger partial charge on any atom is 0.308 e. The topological polar surface area (TPSA) is 44.8 Å². The van der Waals surface area contributed by atoms with Crippen molar-refractivity contribution in [2.45, 2.75) is 85.4 Å². The number of hydrogen-bond donors (Lipinski definition) is 0. The molecule has 0 saturated heterocycles. The average Bonchev–Trinajstić information content (AvgIpc) is 2.52. The van der Waals surface area contributed by atoms with Gasteiger partial charge in [-0.05, 0) is 38.8 Å². The van der Waals surface area contributed by atoms with E-state index in [0.29, 0.717) is 17.2 Å². The van der Waals surface area contributed by atoms with Gasteiger partial charge in [-0.2, -0.15) is 0 Å². The Labute approximate surface area is 146 Å². The summed E-state index contributed by atoms with van der Waals surface area (Å²) in [7, 11) is 0. The Bertz CT molecular complexity index is 498. The molecule has 0 N–H and O–H groups in total. The first-order valence-corrected chi connectivity index (χ1v) is 9.12. The Morgan fingerprint density at radius 1 is 0.958 bits per heavy atom. The fourth-order valence-electron chi connectivity index (χ4n) is 2.44. The third-order valence-corrected chi connectivity index (χ3v) is 3.76. The quantitative estimate of drug-likeness (QED) is 0.394. The molecule has 0 amide bonds. The Morgan fingerprint density at radius 2 is 1.50 bits per heavy atom. The molecule has 1 aromatic rings. The molecule has 2 unspecified atom stereocenters. The molecule has 4 heteroatoms. The number of rotatable bonds is 11. The summed E-state index contributed by atoms with van der Waals surface area (Å²) in [5, 5.41) is 0. The number of esters is 1. The summed E-state index contributed by atoms with van der Waals surface area (Å²) in [5.74, 6) is 1.48. The molecule has 0 radical (unpaired) electrons. The summed E-state index contributed by atoms with van der Waals surface area (Å²) >= 11 is 0. The van der Waals surface area contributed by atoms with Crippen LogP contribution >= 0.6 is 0 Å². The first kappa shape index (κ1) is 20.3. The van der Waals surface area contributed by atoms with E-state index in [2.05, 4.69) is 27.7 Å². The van der Waals surface area contributed by atoms with Gasteiger partial charge in [0.15, 0.2) is 11.5 Å². The second kappa shape index (κ2) is 11.0. The Kier molecular flexibility index (Phi) is 9.28. The van der Waals surface area contributed by atoms with Crippen LogP contribution in [0.4, 0.5) is 0 Å². The average molecular weight is 336 g/mol. The molecule has 136 valence electrons. The van der Waals surface area contributed by atoms with Crippen LogP contribution in [0.15, 0.2) is 18.2 Å². The fraction of sp³-hybridized carbons (Fsp3) is 0.650. The standard InChI is InChI=1S/C20H32O4/c1-6-8-10-15(3)22-19-13-12-18(24-17(5)21)14-20(19)23-16(4)11-9-7-2/h12-16H,6-11H2,1-5H3. The van der Waals surface area contributed by atoms with Crippen molar-refractivity contribution >= 4 is 5.97 Å². The Balaban J connectivity index is 2.87. The largest absolute Gasteiger partial charge is 0.487 e. The zero-order chi connectivity index (χ0) is 17.9. The van der Waals surface area contributed by atoms with Crippen LogP contribution in [0.1, 0.15) is 73.1 Å².